The van der Waals surface area contributed by atoms with Crippen molar-refractivity contribution in [1.82, 2.24) is 4.98 Å². The number of pyridine rings is 1. The molecule has 0 radical (unpaired) electrons. The fourth-order valence-electron chi connectivity index (χ4n) is 2.13. The Hall–Kier alpha value is -2.82. The van der Waals surface area contributed by atoms with Gasteiger partial charge in [0.05, 0.1) is 10.9 Å². The van der Waals surface area contributed by atoms with Crippen molar-refractivity contribution in [1.29, 1.82) is 0 Å². The molecule has 0 saturated heterocycles. The summed E-state index contributed by atoms with van der Waals surface area (Å²) in [6, 6.07) is 8.25. The molecule has 2 aromatic carbocycles. The molecule has 0 unspecified atom stereocenters. The molecule has 0 bridgehead atoms. The van der Waals surface area contributed by atoms with E-state index in [1.807, 2.05) is 0 Å². The number of H-pyrrole nitrogens is 1. The average Bonchev–Trinajstić information content (AvgIpc) is 2.44. The SMILES string of the molecule is O=c1c(-c2ccc(O)cc2)c[nH]c2c(O)ccc(F)c12. The molecule has 5 heteroatoms. The second kappa shape index (κ2) is 4.38. The van der Waals surface area contributed by atoms with Crippen LogP contribution in [0.15, 0.2) is 47.4 Å². The normalized spacial score (nSPS) is 10.8. The van der Waals surface area contributed by atoms with Crippen molar-refractivity contribution in [3.63, 3.8) is 0 Å². The number of aromatic amines is 1. The molecule has 0 fully saturated rings. The molecule has 0 amide bonds. The Morgan fingerprint density at radius 1 is 1.00 bits per heavy atom. The number of hydrogen-bond donors (Lipinski definition) is 3. The number of phenols is 2. The van der Waals surface area contributed by atoms with Gasteiger partial charge in [0.25, 0.3) is 0 Å². The lowest BCUT2D eigenvalue weighted by Gasteiger charge is -2.06. The van der Waals surface area contributed by atoms with Crippen LogP contribution in [0.25, 0.3) is 22.0 Å². The number of phenolic OH excluding ortho intramolecular Hbond substituents is 2. The highest BCUT2D eigenvalue weighted by Crippen LogP contribution is 2.25. The van der Waals surface area contributed by atoms with Gasteiger partial charge in [-0.1, -0.05) is 12.1 Å². The van der Waals surface area contributed by atoms with E-state index in [-0.39, 0.29) is 28.0 Å². The molecule has 0 atom stereocenters. The summed E-state index contributed by atoms with van der Waals surface area (Å²) in [5.41, 5.74) is 0.367. The average molecular weight is 271 g/mol. The predicted octanol–water partition coefficient (Wildman–Crippen LogP) is 2.75. The van der Waals surface area contributed by atoms with Gasteiger partial charge in [0.1, 0.15) is 17.3 Å². The minimum Gasteiger partial charge on any atom is -0.508 e. The van der Waals surface area contributed by atoms with Crippen LogP contribution in [0.1, 0.15) is 0 Å². The quantitative estimate of drug-likeness (QED) is 0.637. The van der Waals surface area contributed by atoms with Crippen LogP contribution in [0.5, 0.6) is 11.5 Å². The summed E-state index contributed by atoms with van der Waals surface area (Å²) in [5, 5.41) is 18.7. The first-order valence-corrected chi connectivity index (χ1v) is 5.90. The third-order valence-electron chi connectivity index (χ3n) is 3.14. The van der Waals surface area contributed by atoms with Crippen molar-refractivity contribution < 1.29 is 14.6 Å². The lowest BCUT2D eigenvalue weighted by Crippen LogP contribution is -2.08. The topological polar surface area (TPSA) is 73.3 Å². The van der Waals surface area contributed by atoms with Gasteiger partial charge < -0.3 is 15.2 Å². The number of rotatable bonds is 1. The molecular formula is C15H10FNO3. The number of halogens is 1. The van der Waals surface area contributed by atoms with Crippen molar-refractivity contribution in [3.05, 3.63) is 58.6 Å². The van der Waals surface area contributed by atoms with Crippen LogP contribution in [0.2, 0.25) is 0 Å². The van der Waals surface area contributed by atoms with Crippen molar-refractivity contribution in [2.45, 2.75) is 0 Å². The second-order valence-corrected chi connectivity index (χ2v) is 4.39. The van der Waals surface area contributed by atoms with Crippen LogP contribution in [0, 0.1) is 5.82 Å². The Morgan fingerprint density at radius 3 is 2.40 bits per heavy atom. The van der Waals surface area contributed by atoms with Gasteiger partial charge in [0, 0.05) is 11.8 Å². The lowest BCUT2D eigenvalue weighted by atomic mass is 10.0. The molecule has 3 aromatic rings. The molecule has 20 heavy (non-hydrogen) atoms. The smallest absolute Gasteiger partial charge is 0.200 e. The maximum Gasteiger partial charge on any atom is 0.200 e. The van der Waals surface area contributed by atoms with E-state index in [1.54, 1.807) is 12.1 Å². The van der Waals surface area contributed by atoms with Crippen LogP contribution in [0.4, 0.5) is 4.39 Å². The molecule has 3 N–H and O–H groups in total. The van der Waals surface area contributed by atoms with E-state index in [9.17, 15) is 19.4 Å². The van der Waals surface area contributed by atoms with Crippen LogP contribution in [0.3, 0.4) is 0 Å². The summed E-state index contributed by atoms with van der Waals surface area (Å²) in [6.45, 7) is 0. The third-order valence-corrected chi connectivity index (χ3v) is 3.14. The minimum atomic E-state index is -0.695. The molecule has 0 spiro atoms. The summed E-state index contributed by atoms with van der Waals surface area (Å²) < 4.78 is 13.8. The Labute approximate surface area is 112 Å². The van der Waals surface area contributed by atoms with Gasteiger partial charge in [-0.15, -0.1) is 0 Å². The zero-order chi connectivity index (χ0) is 14.3. The molecular weight excluding hydrogens is 261 g/mol. The van der Waals surface area contributed by atoms with Gasteiger partial charge in [0.15, 0.2) is 5.43 Å². The third kappa shape index (κ3) is 1.80. The van der Waals surface area contributed by atoms with Gasteiger partial charge in [-0.2, -0.15) is 0 Å². The number of fused-ring (bicyclic) bond motifs is 1. The number of aromatic nitrogens is 1. The number of benzene rings is 2. The molecule has 1 heterocycles. The van der Waals surface area contributed by atoms with E-state index >= 15 is 0 Å². The van der Waals surface area contributed by atoms with Crippen molar-refractivity contribution in [2.75, 3.05) is 0 Å². The largest absolute Gasteiger partial charge is 0.508 e. The zero-order valence-electron chi connectivity index (χ0n) is 10.2. The summed E-state index contributed by atoms with van der Waals surface area (Å²) >= 11 is 0. The van der Waals surface area contributed by atoms with E-state index in [2.05, 4.69) is 4.98 Å². The molecule has 0 aliphatic carbocycles. The van der Waals surface area contributed by atoms with Gasteiger partial charge >= 0.3 is 0 Å². The van der Waals surface area contributed by atoms with Gasteiger partial charge in [-0.25, -0.2) is 4.39 Å². The number of aromatic hydroxyl groups is 2. The predicted molar refractivity (Wildman–Crippen MR) is 73.3 cm³/mol. The molecule has 0 saturated carbocycles. The first-order chi connectivity index (χ1) is 9.58. The Kier molecular flexibility index (Phi) is 2.68. The molecule has 1 aromatic heterocycles. The van der Waals surface area contributed by atoms with Crippen molar-refractivity contribution in [3.8, 4) is 22.6 Å². The Balaban J connectivity index is 2.34. The lowest BCUT2D eigenvalue weighted by molar-refractivity contribution is 0.475. The van der Waals surface area contributed by atoms with Crippen LogP contribution >= 0.6 is 0 Å². The molecule has 0 aliphatic rings. The molecule has 0 aliphatic heterocycles. The first-order valence-electron chi connectivity index (χ1n) is 5.90. The van der Waals surface area contributed by atoms with Gasteiger partial charge in [-0.3, -0.25) is 4.79 Å². The number of nitrogens with one attached hydrogen (secondary N) is 1. The van der Waals surface area contributed by atoms with Gasteiger partial charge in [0.2, 0.25) is 0 Å². The standard InChI is InChI=1S/C15H10FNO3/c16-11-5-6-12(19)14-13(11)15(20)10(7-17-14)8-1-3-9(18)4-2-8/h1-7,18-19H,(H,17,20). The molecule has 3 rings (SSSR count). The Bertz CT molecular complexity index is 853. The molecule has 100 valence electrons. The van der Waals surface area contributed by atoms with E-state index in [0.717, 1.165) is 6.07 Å². The highest BCUT2D eigenvalue weighted by atomic mass is 19.1. The Morgan fingerprint density at radius 2 is 1.70 bits per heavy atom. The second-order valence-electron chi connectivity index (χ2n) is 4.39. The fourth-order valence-corrected chi connectivity index (χ4v) is 2.13. The van der Waals surface area contributed by atoms with E-state index in [1.165, 1.54) is 24.4 Å². The highest BCUT2D eigenvalue weighted by molar-refractivity contribution is 5.88. The van der Waals surface area contributed by atoms with Crippen LogP contribution in [-0.2, 0) is 0 Å². The van der Waals surface area contributed by atoms with Crippen LogP contribution in [-0.4, -0.2) is 15.2 Å². The monoisotopic (exact) mass is 271 g/mol. The maximum absolute atomic E-state index is 13.8. The van der Waals surface area contributed by atoms with Crippen molar-refractivity contribution >= 4 is 10.9 Å². The first kappa shape index (κ1) is 12.2. The van der Waals surface area contributed by atoms with E-state index in [4.69, 9.17) is 0 Å². The number of hydrogen-bond acceptors (Lipinski definition) is 3. The summed E-state index contributed by atoms with van der Waals surface area (Å²) in [6.07, 6.45) is 1.41. The molecule has 4 nitrogen and oxygen atoms in total. The fraction of sp³-hybridized carbons (Fsp3) is 0. The minimum absolute atomic E-state index is 0.0672. The van der Waals surface area contributed by atoms with Crippen LogP contribution < -0.4 is 5.43 Å². The maximum atomic E-state index is 13.8. The zero-order valence-corrected chi connectivity index (χ0v) is 10.2. The van der Waals surface area contributed by atoms with E-state index in [0.29, 0.717) is 5.56 Å². The highest BCUT2D eigenvalue weighted by Gasteiger charge is 2.13. The van der Waals surface area contributed by atoms with Crippen molar-refractivity contribution in [2.24, 2.45) is 0 Å². The summed E-state index contributed by atoms with van der Waals surface area (Å²) in [4.78, 5) is 15.1. The van der Waals surface area contributed by atoms with Gasteiger partial charge in [-0.05, 0) is 29.8 Å². The van der Waals surface area contributed by atoms with E-state index < -0.39 is 11.2 Å². The summed E-state index contributed by atoms with van der Waals surface area (Å²) in [5.74, 6) is -0.801. The summed E-state index contributed by atoms with van der Waals surface area (Å²) in [7, 11) is 0.